The van der Waals surface area contributed by atoms with Crippen molar-refractivity contribution in [3.63, 3.8) is 0 Å². The average Bonchev–Trinajstić information content (AvgIpc) is 2.39. The first kappa shape index (κ1) is 13.6. The number of carbonyl (C=O) groups excluding carboxylic acids is 1. The number of hydrogen-bond donors (Lipinski definition) is 2. The third-order valence-corrected chi connectivity index (χ3v) is 3.02. The van der Waals surface area contributed by atoms with Gasteiger partial charge in [-0.25, -0.2) is 4.39 Å². The van der Waals surface area contributed by atoms with Crippen LogP contribution >= 0.6 is 12.6 Å². The third kappa shape index (κ3) is 4.10. The predicted molar refractivity (Wildman–Crippen MR) is 76.1 cm³/mol. The van der Waals surface area contributed by atoms with E-state index in [2.05, 4.69) is 17.9 Å². The van der Waals surface area contributed by atoms with Crippen LogP contribution in [0.3, 0.4) is 0 Å². The van der Waals surface area contributed by atoms with Gasteiger partial charge in [0.25, 0.3) is 5.91 Å². The van der Waals surface area contributed by atoms with Gasteiger partial charge in [-0.1, -0.05) is 12.1 Å². The fraction of sp³-hybridized carbons (Fsp3) is 0.133. The maximum absolute atomic E-state index is 13.0. The van der Waals surface area contributed by atoms with Gasteiger partial charge in [-0.05, 0) is 48.4 Å². The Hall–Kier alpha value is -1.81. The van der Waals surface area contributed by atoms with Gasteiger partial charge in [0, 0.05) is 17.0 Å². The summed E-state index contributed by atoms with van der Waals surface area (Å²) in [5.74, 6) is -0.391. The number of rotatable bonds is 4. The fourth-order valence-electron chi connectivity index (χ4n) is 1.73. The van der Waals surface area contributed by atoms with Crippen molar-refractivity contribution in [2.24, 2.45) is 0 Å². The van der Waals surface area contributed by atoms with Gasteiger partial charge in [0.05, 0.1) is 0 Å². The summed E-state index contributed by atoms with van der Waals surface area (Å²) < 4.78 is 13.0. The molecule has 98 valence electrons. The average molecular weight is 275 g/mol. The number of hydrogen-bond acceptors (Lipinski definition) is 2. The third-order valence-electron chi connectivity index (χ3n) is 2.72. The first-order valence-corrected chi connectivity index (χ1v) is 6.41. The number of amides is 1. The summed E-state index contributed by atoms with van der Waals surface area (Å²) in [4.78, 5) is 12.6. The molecule has 1 N–H and O–H groups in total. The van der Waals surface area contributed by atoms with Gasteiger partial charge in [0.1, 0.15) is 5.82 Å². The van der Waals surface area contributed by atoms with E-state index < -0.39 is 0 Å². The van der Waals surface area contributed by atoms with Crippen LogP contribution in [0.25, 0.3) is 0 Å². The molecule has 0 bridgehead atoms. The monoisotopic (exact) mass is 275 g/mol. The molecule has 0 fully saturated rings. The van der Waals surface area contributed by atoms with E-state index >= 15 is 0 Å². The van der Waals surface area contributed by atoms with Crippen molar-refractivity contribution in [1.29, 1.82) is 0 Å². The summed E-state index contributed by atoms with van der Waals surface area (Å²) in [7, 11) is 0. The van der Waals surface area contributed by atoms with Crippen LogP contribution in [0.4, 0.5) is 4.39 Å². The van der Waals surface area contributed by atoms with Crippen LogP contribution in [0.15, 0.2) is 53.4 Å². The van der Waals surface area contributed by atoms with E-state index in [0.717, 1.165) is 10.5 Å². The molecule has 0 aliphatic carbocycles. The molecule has 0 aliphatic rings. The molecule has 2 aromatic rings. The number of carbonyl (C=O) groups is 1. The molecular weight excluding hydrogens is 261 g/mol. The van der Waals surface area contributed by atoms with Crippen molar-refractivity contribution < 1.29 is 9.18 Å². The van der Waals surface area contributed by atoms with E-state index in [-0.39, 0.29) is 11.7 Å². The first-order valence-electron chi connectivity index (χ1n) is 5.97. The van der Waals surface area contributed by atoms with E-state index in [1.165, 1.54) is 12.1 Å². The molecule has 19 heavy (non-hydrogen) atoms. The normalized spacial score (nSPS) is 10.2. The first-order chi connectivity index (χ1) is 9.15. The maximum atomic E-state index is 13.0. The molecule has 2 aromatic carbocycles. The van der Waals surface area contributed by atoms with E-state index in [4.69, 9.17) is 0 Å². The summed E-state index contributed by atoms with van der Waals surface area (Å²) in [6.07, 6.45) is 0.605. The Balaban J connectivity index is 1.86. The second-order valence-electron chi connectivity index (χ2n) is 4.18. The summed E-state index contributed by atoms with van der Waals surface area (Å²) >= 11 is 4.16. The fourth-order valence-corrected chi connectivity index (χ4v) is 1.88. The van der Waals surface area contributed by atoms with Gasteiger partial charge >= 0.3 is 0 Å². The Kier molecular flexibility index (Phi) is 4.58. The lowest BCUT2D eigenvalue weighted by molar-refractivity contribution is 0.0954. The van der Waals surface area contributed by atoms with E-state index in [9.17, 15) is 9.18 Å². The molecule has 0 aliphatic heterocycles. The van der Waals surface area contributed by atoms with Crippen molar-refractivity contribution in [2.45, 2.75) is 11.3 Å². The highest BCUT2D eigenvalue weighted by molar-refractivity contribution is 7.80. The van der Waals surface area contributed by atoms with Crippen molar-refractivity contribution >= 4 is 18.5 Å². The standard InChI is InChI=1S/C15H14FNOS/c16-13-3-1-2-11(10-13)8-9-17-15(18)12-4-6-14(19)7-5-12/h1-7,10,19H,8-9H2,(H,17,18). The molecule has 4 heteroatoms. The van der Waals surface area contributed by atoms with E-state index in [1.807, 2.05) is 6.07 Å². The minimum Gasteiger partial charge on any atom is -0.352 e. The van der Waals surface area contributed by atoms with E-state index in [0.29, 0.717) is 18.5 Å². The zero-order valence-electron chi connectivity index (χ0n) is 10.3. The SMILES string of the molecule is O=C(NCCc1cccc(F)c1)c1ccc(S)cc1. The van der Waals surface area contributed by atoms with Gasteiger partial charge in [-0.2, -0.15) is 0 Å². The lowest BCUT2D eigenvalue weighted by Gasteiger charge is -2.05. The van der Waals surface area contributed by atoms with Gasteiger partial charge < -0.3 is 5.32 Å². The Bertz CT molecular complexity index is 569. The van der Waals surface area contributed by atoms with Gasteiger partial charge in [-0.15, -0.1) is 12.6 Å². The highest BCUT2D eigenvalue weighted by Crippen LogP contribution is 2.08. The van der Waals surface area contributed by atoms with Crippen molar-refractivity contribution in [1.82, 2.24) is 5.32 Å². The van der Waals surface area contributed by atoms with E-state index in [1.54, 1.807) is 30.3 Å². The molecule has 2 nitrogen and oxygen atoms in total. The molecule has 0 unspecified atom stereocenters. The van der Waals surface area contributed by atoms with Gasteiger partial charge in [-0.3, -0.25) is 4.79 Å². The zero-order chi connectivity index (χ0) is 13.7. The van der Waals surface area contributed by atoms with Crippen molar-refractivity contribution in [3.8, 4) is 0 Å². The van der Waals surface area contributed by atoms with Crippen LogP contribution in [0.1, 0.15) is 15.9 Å². The highest BCUT2D eigenvalue weighted by Gasteiger charge is 2.04. The molecule has 1 amide bonds. The van der Waals surface area contributed by atoms with Gasteiger partial charge in [0.15, 0.2) is 0 Å². The van der Waals surface area contributed by atoms with Crippen LogP contribution in [0.5, 0.6) is 0 Å². The largest absolute Gasteiger partial charge is 0.352 e. The Morgan fingerprint density at radius 3 is 2.58 bits per heavy atom. The number of benzene rings is 2. The lowest BCUT2D eigenvalue weighted by Crippen LogP contribution is -2.25. The summed E-state index contributed by atoms with van der Waals surface area (Å²) in [5, 5.41) is 2.80. The topological polar surface area (TPSA) is 29.1 Å². The van der Waals surface area contributed by atoms with Crippen LogP contribution in [-0.2, 0) is 6.42 Å². The smallest absolute Gasteiger partial charge is 0.251 e. The van der Waals surface area contributed by atoms with Crippen molar-refractivity contribution in [3.05, 3.63) is 65.5 Å². The minimum atomic E-state index is -0.256. The molecule has 0 radical (unpaired) electrons. The molecule has 0 aromatic heterocycles. The lowest BCUT2D eigenvalue weighted by atomic mass is 10.1. The molecule has 0 atom stereocenters. The molecule has 0 heterocycles. The summed E-state index contributed by atoms with van der Waals surface area (Å²) in [5.41, 5.74) is 1.46. The predicted octanol–water partition coefficient (Wildman–Crippen LogP) is 3.09. The Morgan fingerprint density at radius 2 is 1.89 bits per heavy atom. The molecule has 0 saturated carbocycles. The van der Waals surface area contributed by atoms with Crippen molar-refractivity contribution in [2.75, 3.05) is 6.54 Å². The molecule has 2 rings (SSSR count). The molecular formula is C15H14FNOS. The highest BCUT2D eigenvalue weighted by atomic mass is 32.1. The summed E-state index contributed by atoms with van der Waals surface area (Å²) in [6, 6.07) is 13.4. The Labute approximate surface area is 117 Å². The second kappa shape index (κ2) is 6.38. The molecule has 0 saturated heterocycles. The van der Waals surface area contributed by atoms with Crippen LogP contribution in [0, 0.1) is 5.82 Å². The van der Waals surface area contributed by atoms with Crippen LogP contribution in [0.2, 0.25) is 0 Å². The minimum absolute atomic E-state index is 0.135. The zero-order valence-corrected chi connectivity index (χ0v) is 11.2. The number of halogens is 1. The number of thiol groups is 1. The molecule has 0 spiro atoms. The maximum Gasteiger partial charge on any atom is 0.251 e. The van der Waals surface area contributed by atoms with Crippen LogP contribution < -0.4 is 5.32 Å². The summed E-state index contributed by atoms with van der Waals surface area (Å²) in [6.45, 7) is 0.477. The number of nitrogens with one attached hydrogen (secondary N) is 1. The Morgan fingerprint density at radius 1 is 1.16 bits per heavy atom. The second-order valence-corrected chi connectivity index (χ2v) is 4.70. The van der Waals surface area contributed by atoms with Gasteiger partial charge in [0.2, 0.25) is 0 Å². The van der Waals surface area contributed by atoms with Crippen LogP contribution in [-0.4, -0.2) is 12.5 Å². The quantitative estimate of drug-likeness (QED) is 0.825.